The molecule has 0 unspecified atom stereocenters. The van der Waals surface area contributed by atoms with Crippen molar-refractivity contribution in [3.05, 3.63) is 51.1 Å². The predicted octanol–water partition coefficient (Wildman–Crippen LogP) is 4.38. The van der Waals surface area contributed by atoms with Gasteiger partial charge in [0.2, 0.25) is 0 Å². The van der Waals surface area contributed by atoms with Crippen molar-refractivity contribution in [1.82, 2.24) is 14.9 Å². The van der Waals surface area contributed by atoms with Crippen LogP contribution in [0.3, 0.4) is 0 Å². The van der Waals surface area contributed by atoms with Crippen LogP contribution in [0.4, 0.5) is 0 Å². The molecule has 0 saturated heterocycles. The first-order valence-corrected chi connectivity index (χ1v) is 8.53. The van der Waals surface area contributed by atoms with E-state index in [1.807, 2.05) is 27.1 Å². The summed E-state index contributed by atoms with van der Waals surface area (Å²) in [5, 5.41) is 1.13. The van der Waals surface area contributed by atoms with Gasteiger partial charge in [-0.15, -0.1) is 11.3 Å². The highest BCUT2D eigenvalue weighted by molar-refractivity contribution is 7.09. The zero-order chi connectivity index (χ0) is 16.7. The zero-order valence-electron chi connectivity index (χ0n) is 14.1. The lowest BCUT2D eigenvalue weighted by molar-refractivity contribution is 0.0739. The second-order valence-electron chi connectivity index (χ2n) is 6.13. The molecule has 0 fully saturated rings. The summed E-state index contributed by atoms with van der Waals surface area (Å²) in [7, 11) is 1.84. The molecule has 1 aromatic carbocycles. The molecule has 0 bridgehead atoms. The largest absolute Gasteiger partial charge is 0.350 e. The SMILES string of the molecule is Cc1cc(C)c2[nH]c(C(=O)N(C)[C@H](C)c3cncs3)c(C)c2c1. The van der Waals surface area contributed by atoms with E-state index in [1.165, 1.54) is 11.1 Å². The molecule has 1 N–H and O–H groups in total. The molecule has 0 aliphatic rings. The van der Waals surface area contributed by atoms with Crippen LogP contribution in [-0.2, 0) is 0 Å². The summed E-state index contributed by atoms with van der Waals surface area (Å²) in [6.07, 6.45) is 1.82. The van der Waals surface area contributed by atoms with Crippen LogP contribution in [0.25, 0.3) is 10.9 Å². The van der Waals surface area contributed by atoms with Gasteiger partial charge in [0, 0.05) is 29.0 Å². The van der Waals surface area contributed by atoms with Crippen molar-refractivity contribution in [2.24, 2.45) is 0 Å². The van der Waals surface area contributed by atoms with Crippen molar-refractivity contribution < 1.29 is 4.79 Å². The van der Waals surface area contributed by atoms with Crippen molar-refractivity contribution in [3.8, 4) is 0 Å². The number of fused-ring (bicyclic) bond motifs is 1. The second kappa shape index (κ2) is 5.81. The number of nitrogens with one attached hydrogen (secondary N) is 1. The van der Waals surface area contributed by atoms with E-state index in [0.717, 1.165) is 21.3 Å². The number of amides is 1. The molecule has 2 heterocycles. The van der Waals surface area contributed by atoms with E-state index >= 15 is 0 Å². The van der Waals surface area contributed by atoms with E-state index in [0.29, 0.717) is 5.69 Å². The summed E-state index contributed by atoms with van der Waals surface area (Å²) in [5.74, 6) is 0.0108. The van der Waals surface area contributed by atoms with E-state index in [2.05, 4.69) is 35.9 Å². The van der Waals surface area contributed by atoms with Gasteiger partial charge in [-0.2, -0.15) is 0 Å². The first-order chi connectivity index (χ1) is 10.9. The summed E-state index contributed by atoms with van der Waals surface area (Å²) in [6.45, 7) is 8.19. The van der Waals surface area contributed by atoms with Crippen molar-refractivity contribution in [3.63, 3.8) is 0 Å². The van der Waals surface area contributed by atoms with Gasteiger partial charge in [0.05, 0.1) is 11.6 Å². The van der Waals surface area contributed by atoms with Crippen molar-refractivity contribution >= 4 is 28.1 Å². The van der Waals surface area contributed by atoms with E-state index in [-0.39, 0.29) is 11.9 Å². The minimum absolute atomic E-state index is 0.00338. The number of hydrogen-bond acceptors (Lipinski definition) is 3. The number of rotatable bonds is 3. The Morgan fingerprint density at radius 2 is 2.04 bits per heavy atom. The molecule has 0 aliphatic carbocycles. The third-order valence-corrected chi connectivity index (χ3v) is 5.43. The fourth-order valence-electron chi connectivity index (χ4n) is 2.97. The van der Waals surface area contributed by atoms with Gasteiger partial charge in [-0.3, -0.25) is 9.78 Å². The van der Waals surface area contributed by atoms with Crippen LogP contribution >= 0.6 is 11.3 Å². The third kappa shape index (κ3) is 2.65. The van der Waals surface area contributed by atoms with Gasteiger partial charge in [0.25, 0.3) is 5.91 Å². The van der Waals surface area contributed by atoms with Crippen molar-refractivity contribution in [1.29, 1.82) is 0 Å². The summed E-state index contributed by atoms with van der Waals surface area (Å²) in [5.41, 5.74) is 6.91. The molecule has 1 amide bonds. The van der Waals surface area contributed by atoms with E-state index in [9.17, 15) is 4.79 Å². The van der Waals surface area contributed by atoms with Crippen LogP contribution in [0, 0.1) is 20.8 Å². The van der Waals surface area contributed by atoms with Crippen molar-refractivity contribution in [2.45, 2.75) is 33.7 Å². The first-order valence-electron chi connectivity index (χ1n) is 7.65. The lowest BCUT2D eigenvalue weighted by Gasteiger charge is -2.23. The van der Waals surface area contributed by atoms with Gasteiger partial charge in [-0.1, -0.05) is 11.6 Å². The molecule has 3 aromatic rings. The zero-order valence-corrected chi connectivity index (χ0v) is 14.9. The van der Waals surface area contributed by atoms with Crippen LogP contribution < -0.4 is 0 Å². The number of nitrogens with zero attached hydrogens (tertiary/aromatic N) is 2. The Kier molecular flexibility index (Phi) is 3.98. The Bertz CT molecular complexity index is 864. The number of carbonyl (C=O) groups is 1. The van der Waals surface area contributed by atoms with Crippen LogP contribution in [0.1, 0.15) is 45.0 Å². The molecular formula is C18H21N3OS. The first kappa shape index (κ1) is 15.7. The van der Waals surface area contributed by atoms with E-state index in [1.54, 1.807) is 21.7 Å². The van der Waals surface area contributed by atoms with Crippen LogP contribution in [-0.4, -0.2) is 27.8 Å². The van der Waals surface area contributed by atoms with Gasteiger partial charge >= 0.3 is 0 Å². The predicted molar refractivity (Wildman–Crippen MR) is 95.1 cm³/mol. The number of hydrogen-bond donors (Lipinski definition) is 1. The molecule has 2 aromatic heterocycles. The summed E-state index contributed by atoms with van der Waals surface area (Å²) in [6, 6.07) is 4.27. The molecule has 120 valence electrons. The lowest BCUT2D eigenvalue weighted by atomic mass is 10.1. The van der Waals surface area contributed by atoms with Gasteiger partial charge in [0.1, 0.15) is 5.69 Å². The summed E-state index contributed by atoms with van der Waals surface area (Å²) < 4.78 is 0. The Balaban J connectivity index is 2.01. The van der Waals surface area contributed by atoms with Crippen LogP contribution in [0.15, 0.2) is 23.8 Å². The molecule has 5 heteroatoms. The number of aromatic nitrogens is 2. The molecule has 23 heavy (non-hydrogen) atoms. The Labute approximate surface area is 140 Å². The monoisotopic (exact) mass is 327 g/mol. The normalized spacial score (nSPS) is 12.6. The molecule has 0 saturated carbocycles. The van der Waals surface area contributed by atoms with Crippen LogP contribution in [0.5, 0.6) is 0 Å². The molecule has 1 atom stereocenters. The lowest BCUT2D eigenvalue weighted by Crippen LogP contribution is -2.30. The average molecular weight is 327 g/mol. The standard InChI is InChI=1S/C18H21N3OS/c1-10-6-11(2)16-14(7-10)12(3)17(20-16)18(22)21(5)13(4)15-8-19-9-23-15/h6-9,13,20H,1-5H3/t13-/m1/s1. The van der Waals surface area contributed by atoms with Gasteiger partial charge in [0.15, 0.2) is 0 Å². The molecule has 3 rings (SSSR count). The van der Waals surface area contributed by atoms with Gasteiger partial charge < -0.3 is 9.88 Å². The fraction of sp³-hybridized carbons (Fsp3) is 0.333. The number of aromatic amines is 1. The molecule has 0 aliphatic heterocycles. The van der Waals surface area contributed by atoms with Gasteiger partial charge in [-0.05, 0) is 44.9 Å². The second-order valence-corrected chi connectivity index (χ2v) is 7.04. The maximum atomic E-state index is 12.9. The minimum Gasteiger partial charge on any atom is -0.350 e. The van der Waals surface area contributed by atoms with E-state index < -0.39 is 0 Å². The molecular weight excluding hydrogens is 306 g/mol. The third-order valence-electron chi connectivity index (χ3n) is 4.49. The van der Waals surface area contributed by atoms with Gasteiger partial charge in [-0.25, -0.2) is 0 Å². The molecule has 4 nitrogen and oxygen atoms in total. The average Bonchev–Trinajstić information content (AvgIpc) is 3.14. The Hall–Kier alpha value is -2.14. The quantitative estimate of drug-likeness (QED) is 0.776. The summed E-state index contributed by atoms with van der Waals surface area (Å²) in [4.78, 5) is 23.2. The maximum absolute atomic E-state index is 12.9. The maximum Gasteiger partial charge on any atom is 0.270 e. The van der Waals surface area contributed by atoms with E-state index in [4.69, 9.17) is 0 Å². The topological polar surface area (TPSA) is 49.0 Å². The summed E-state index contributed by atoms with van der Waals surface area (Å²) >= 11 is 1.57. The smallest absolute Gasteiger partial charge is 0.270 e. The highest BCUT2D eigenvalue weighted by Crippen LogP contribution is 2.29. The Morgan fingerprint density at radius 1 is 1.30 bits per heavy atom. The molecule has 0 radical (unpaired) electrons. The fourth-order valence-corrected chi connectivity index (χ4v) is 3.69. The minimum atomic E-state index is 0.00338. The highest BCUT2D eigenvalue weighted by Gasteiger charge is 2.24. The Morgan fingerprint density at radius 3 is 2.70 bits per heavy atom. The van der Waals surface area contributed by atoms with Crippen LogP contribution in [0.2, 0.25) is 0 Å². The molecule has 0 spiro atoms. The number of aryl methyl sites for hydroxylation is 3. The number of carbonyl (C=O) groups excluding carboxylic acids is 1. The highest BCUT2D eigenvalue weighted by atomic mass is 32.1. The number of benzene rings is 1. The van der Waals surface area contributed by atoms with Crippen molar-refractivity contribution in [2.75, 3.05) is 7.05 Å². The number of thiazole rings is 1. The number of H-pyrrole nitrogens is 1.